The number of rotatable bonds is 2. The van der Waals surface area contributed by atoms with Crippen molar-refractivity contribution in [3.63, 3.8) is 0 Å². The molecule has 0 bridgehead atoms. The first kappa shape index (κ1) is 19.6. The Morgan fingerprint density at radius 3 is 1.85 bits per heavy atom. The van der Waals surface area contributed by atoms with Gasteiger partial charge in [-0.05, 0) is 24.3 Å². The van der Waals surface area contributed by atoms with Crippen LogP contribution in [0.15, 0.2) is 36.5 Å². The quantitative estimate of drug-likeness (QED) is 0.360. The van der Waals surface area contributed by atoms with Crippen LogP contribution in [0.2, 0.25) is 30.1 Å². The third-order valence-electron chi connectivity index (χ3n) is 3.64. The molecule has 3 aromatic rings. The Hall–Kier alpha value is -1.18. The van der Waals surface area contributed by atoms with Gasteiger partial charge in [0.25, 0.3) is 0 Å². The van der Waals surface area contributed by atoms with Gasteiger partial charge in [0, 0.05) is 22.9 Å². The number of hydrogen-bond acceptors (Lipinski definition) is 2. The molecule has 1 aromatic heterocycles. The molecule has 26 heavy (non-hydrogen) atoms. The van der Waals surface area contributed by atoms with Crippen molar-refractivity contribution in [3.8, 4) is 28.5 Å². The summed E-state index contributed by atoms with van der Waals surface area (Å²) < 4.78 is 0. The van der Waals surface area contributed by atoms with E-state index >= 15 is 0 Å². The zero-order valence-electron chi connectivity index (χ0n) is 12.6. The highest BCUT2D eigenvalue weighted by Crippen LogP contribution is 2.41. The summed E-state index contributed by atoms with van der Waals surface area (Å²) in [4.78, 5) is 4.38. The number of benzene rings is 2. The Morgan fingerprint density at radius 2 is 1.27 bits per heavy atom. The Balaban J connectivity index is 2.18. The molecule has 0 aliphatic carbocycles. The second-order valence-corrected chi connectivity index (χ2v) is 7.50. The Kier molecular flexibility index (Phi) is 5.89. The van der Waals surface area contributed by atoms with E-state index in [1.807, 2.05) is 0 Å². The van der Waals surface area contributed by atoms with Crippen LogP contribution in [0.1, 0.15) is 5.56 Å². The number of nitriles is 1. The van der Waals surface area contributed by atoms with Crippen LogP contribution >= 0.6 is 69.6 Å². The van der Waals surface area contributed by atoms with Crippen molar-refractivity contribution in [2.45, 2.75) is 0 Å². The van der Waals surface area contributed by atoms with E-state index in [2.05, 4.69) is 11.1 Å². The van der Waals surface area contributed by atoms with Gasteiger partial charge in [-0.25, -0.2) is 0 Å². The number of halogens is 6. The molecular formula is C18H6Cl6N2. The van der Waals surface area contributed by atoms with E-state index in [-0.39, 0.29) is 20.1 Å². The monoisotopic (exact) mass is 460 g/mol. The molecule has 8 heteroatoms. The van der Waals surface area contributed by atoms with Crippen molar-refractivity contribution in [2.75, 3.05) is 0 Å². The lowest BCUT2D eigenvalue weighted by molar-refractivity contribution is 1.30. The van der Waals surface area contributed by atoms with E-state index in [4.69, 9.17) is 69.6 Å². The van der Waals surface area contributed by atoms with Crippen LogP contribution in [0, 0.1) is 11.3 Å². The fraction of sp³-hybridized carbons (Fsp3) is 0. The lowest BCUT2D eigenvalue weighted by atomic mass is 10.0. The van der Waals surface area contributed by atoms with Gasteiger partial charge in [-0.1, -0.05) is 75.7 Å². The minimum atomic E-state index is 0.202. The summed E-state index contributed by atoms with van der Waals surface area (Å²) in [5.41, 5.74) is 2.41. The molecule has 2 nitrogen and oxygen atoms in total. The van der Waals surface area contributed by atoms with Gasteiger partial charge in [-0.15, -0.1) is 0 Å². The van der Waals surface area contributed by atoms with Crippen LogP contribution in [0.4, 0.5) is 0 Å². The van der Waals surface area contributed by atoms with Gasteiger partial charge in [0.05, 0.1) is 41.4 Å². The summed E-state index contributed by atoms with van der Waals surface area (Å²) in [5, 5.41) is 11.2. The van der Waals surface area contributed by atoms with Crippen LogP contribution in [0.5, 0.6) is 0 Å². The van der Waals surface area contributed by atoms with Gasteiger partial charge in [0.15, 0.2) is 0 Å². The molecule has 0 unspecified atom stereocenters. The molecule has 0 aliphatic rings. The predicted molar refractivity (Wildman–Crippen MR) is 110 cm³/mol. The lowest BCUT2D eigenvalue weighted by Crippen LogP contribution is -1.93. The highest BCUT2D eigenvalue weighted by molar-refractivity contribution is 6.49. The van der Waals surface area contributed by atoms with Crippen molar-refractivity contribution in [3.05, 3.63) is 72.2 Å². The van der Waals surface area contributed by atoms with Crippen LogP contribution in [0.3, 0.4) is 0 Å². The fourth-order valence-corrected chi connectivity index (χ4v) is 3.64. The molecule has 1 heterocycles. The van der Waals surface area contributed by atoms with Crippen LogP contribution < -0.4 is 0 Å². The van der Waals surface area contributed by atoms with E-state index in [0.717, 1.165) is 0 Å². The highest BCUT2D eigenvalue weighted by Gasteiger charge is 2.17. The van der Waals surface area contributed by atoms with Crippen LogP contribution in [0.25, 0.3) is 22.4 Å². The van der Waals surface area contributed by atoms with Gasteiger partial charge in [-0.2, -0.15) is 5.26 Å². The maximum absolute atomic E-state index is 9.56. The predicted octanol–water partition coefficient (Wildman–Crippen LogP) is 8.21. The maximum atomic E-state index is 9.56. The average Bonchev–Trinajstić information content (AvgIpc) is 2.64. The van der Waals surface area contributed by atoms with E-state index < -0.39 is 0 Å². The van der Waals surface area contributed by atoms with Crippen molar-refractivity contribution in [2.24, 2.45) is 0 Å². The summed E-state index contributed by atoms with van der Waals surface area (Å²) in [5.74, 6) is 0. The summed E-state index contributed by atoms with van der Waals surface area (Å²) in [6.45, 7) is 0. The first-order chi connectivity index (χ1) is 12.3. The zero-order valence-corrected chi connectivity index (χ0v) is 17.2. The molecule has 0 N–H and O–H groups in total. The third kappa shape index (κ3) is 3.49. The second-order valence-electron chi connectivity index (χ2n) is 5.18. The van der Waals surface area contributed by atoms with Crippen molar-refractivity contribution in [1.29, 1.82) is 5.26 Å². The summed E-state index contributed by atoms with van der Waals surface area (Å²) in [6, 6.07) is 10.3. The van der Waals surface area contributed by atoms with Crippen molar-refractivity contribution >= 4 is 69.6 Å². The van der Waals surface area contributed by atoms with E-state index in [9.17, 15) is 5.26 Å². The van der Waals surface area contributed by atoms with Gasteiger partial charge >= 0.3 is 0 Å². The van der Waals surface area contributed by atoms with E-state index in [0.29, 0.717) is 38.0 Å². The minimum Gasteiger partial charge on any atom is -0.254 e. The molecule has 0 aliphatic heterocycles. The fourth-order valence-electron chi connectivity index (χ4n) is 2.37. The smallest absolute Gasteiger partial charge is 0.101 e. The SMILES string of the molecule is N#Cc1cc(-c2ccc(Cl)c(Cl)c2Cl)cnc1-c1ccc(Cl)c(Cl)c1Cl. The molecule has 0 radical (unpaired) electrons. The van der Waals surface area contributed by atoms with Crippen LogP contribution in [-0.2, 0) is 0 Å². The van der Waals surface area contributed by atoms with Crippen molar-refractivity contribution in [1.82, 2.24) is 4.98 Å². The molecular weight excluding hydrogens is 457 g/mol. The van der Waals surface area contributed by atoms with Crippen LogP contribution in [-0.4, -0.2) is 4.98 Å². The number of aromatic nitrogens is 1. The maximum Gasteiger partial charge on any atom is 0.101 e. The van der Waals surface area contributed by atoms with E-state index in [1.54, 1.807) is 36.5 Å². The van der Waals surface area contributed by atoms with Gasteiger partial charge < -0.3 is 0 Å². The first-order valence-electron chi connectivity index (χ1n) is 7.03. The molecule has 2 aromatic carbocycles. The minimum absolute atomic E-state index is 0.202. The molecule has 130 valence electrons. The number of pyridine rings is 1. The molecule has 0 amide bonds. The van der Waals surface area contributed by atoms with Gasteiger partial charge in [-0.3, -0.25) is 4.98 Å². The zero-order chi connectivity index (χ0) is 19.0. The average molecular weight is 463 g/mol. The normalized spacial score (nSPS) is 10.7. The molecule has 3 rings (SSSR count). The van der Waals surface area contributed by atoms with Gasteiger partial charge in [0.2, 0.25) is 0 Å². The largest absolute Gasteiger partial charge is 0.254 e. The molecule has 0 spiro atoms. The third-order valence-corrected chi connectivity index (χ3v) is 6.23. The Bertz CT molecular complexity index is 1070. The molecule has 0 saturated carbocycles. The van der Waals surface area contributed by atoms with Gasteiger partial charge in [0.1, 0.15) is 6.07 Å². The molecule has 0 atom stereocenters. The number of hydrogen-bond donors (Lipinski definition) is 0. The van der Waals surface area contributed by atoms with Crippen molar-refractivity contribution < 1.29 is 0 Å². The number of nitrogens with zero attached hydrogens (tertiary/aromatic N) is 2. The standard InChI is InChI=1S/C18H6Cl6N2/c19-12-3-1-10(14(21)16(12)23)9-5-8(6-25)18(26-7-9)11-2-4-13(20)17(24)15(11)22/h1-5,7H. The Morgan fingerprint density at radius 1 is 0.731 bits per heavy atom. The molecule has 0 saturated heterocycles. The van der Waals surface area contributed by atoms with E-state index in [1.165, 1.54) is 0 Å². The summed E-state index contributed by atoms with van der Waals surface area (Å²) in [6.07, 6.45) is 1.57. The lowest BCUT2D eigenvalue weighted by Gasteiger charge is -2.11. The highest BCUT2D eigenvalue weighted by atomic mass is 35.5. The summed E-state index contributed by atoms with van der Waals surface area (Å²) in [7, 11) is 0. The molecule has 0 fully saturated rings. The second kappa shape index (κ2) is 7.82. The Labute approximate surface area is 179 Å². The first-order valence-corrected chi connectivity index (χ1v) is 9.29. The topological polar surface area (TPSA) is 36.7 Å². The summed E-state index contributed by atoms with van der Waals surface area (Å²) >= 11 is 36.6.